The summed E-state index contributed by atoms with van der Waals surface area (Å²) in [6, 6.07) is 11.0. The summed E-state index contributed by atoms with van der Waals surface area (Å²) in [7, 11) is 2.08. The largest absolute Gasteiger partial charge is 0.384 e. The van der Waals surface area contributed by atoms with Gasteiger partial charge in [0.15, 0.2) is 5.65 Å². The smallest absolute Gasteiger partial charge is 0.355 e. The Morgan fingerprint density at radius 2 is 1.94 bits per heavy atom. The lowest BCUT2D eigenvalue weighted by atomic mass is 10.2. The first-order chi connectivity index (χ1) is 15.4. The molecule has 1 aliphatic rings. The van der Waals surface area contributed by atoms with E-state index in [4.69, 9.17) is 28.9 Å². The second kappa shape index (κ2) is 8.16. The van der Waals surface area contributed by atoms with Crippen LogP contribution in [-0.2, 0) is 0 Å². The van der Waals surface area contributed by atoms with Crippen molar-refractivity contribution in [1.29, 1.82) is 0 Å². The van der Waals surface area contributed by atoms with Crippen molar-refractivity contribution in [2.45, 2.75) is 4.90 Å². The SMILES string of the molecule is CN1CCSc2cc(Nc3ncc4c(N)n(-c5c(Cl)cccc5Cl)c(=O)nc4n3)ccc21. The molecule has 162 valence electrons. The van der Waals surface area contributed by atoms with E-state index >= 15 is 0 Å². The van der Waals surface area contributed by atoms with E-state index in [1.54, 1.807) is 18.2 Å². The highest BCUT2D eigenvalue weighted by Gasteiger charge is 2.18. The molecule has 2 aromatic carbocycles. The van der Waals surface area contributed by atoms with Crippen LogP contribution in [0.5, 0.6) is 0 Å². The van der Waals surface area contributed by atoms with E-state index in [2.05, 4.69) is 44.3 Å². The standard InChI is InChI=1S/C21H17Cl2N7OS/c1-29-7-8-32-16-9-11(5-6-15(16)29)26-20-25-10-12-18(24)30(21(31)28-19(12)27-20)17-13(22)3-2-4-14(17)23/h2-6,9-10H,7-8,24H2,1H3,(H,26,27,28,31). The highest BCUT2D eigenvalue weighted by atomic mass is 35.5. The molecule has 0 atom stereocenters. The molecule has 3 N–H and O–H groups in total. The molecule has 0 saturated carbocycles. The van der Waals surface area contributed by atoms with Gasteiger partial charge in [0.25, 0.3) is 0 Å². The maximum Gasteiger partial charge on any atom is 0.355 e. The van der Waals surface area contributed by atoms with Gasteiger partial charge < -0.3 is 16.0 Å². The number of rotatable bonds is 3. The molecule has 8 nitrogen and oxygen atoms in total. The molecule has 0 saturated heterocycles. The fourth-order valence-electron chi connectivity index (χ4n) is 3.55. The Morgan fingerprint density at radius 1 is 1.16 bits per heavy atom. The molecule has 0 radical (unpaired) electrons. The summed E-state index contributed by atoms with van der Waals surface area (Å²) < 4.78 is 1.17. The minimum absolute atomic E-state index is 0.106. The lowest BCUT2D eigenvalue weighted by molar-refractivity contribution is 0.939. The Hall–Kier alpha value is -3.01. The third-order valence-electron chi connectivity index (χ3n) is 5.15. The Morgan fingerprint density at radius 3 is 2.72 bits per heavy atom. The van der Waals surface area contributed by atoms with Crippen LogP contribution in [0.15, 0.2) is 52.3 Å². The fraction of sp³-hybridized carbons (Fsp3) is 0.143. The monoisotopic (exact) mass is 485 g/mol. The zero-order valence-corrected chi connectivity index (χ0v) is 19.2. The molecular weight excluding hydrogens is 469 g/mol. The number of nitrogens with one attached hydrogen (secondary N) is 1. The summed E-state index contributed by atoms with van der Waals surface area (Å²) in [6.07, 6.45) is 1.52. The van der Waals surface area contributed by atoms with Crippen molar-refractivity contribution >= 4 is 69.1 Å². The number of aromatic nitrogens is 4. The second-order valence-electron chi connectivity index (χ2n) is 7.19. The molecule has 1 aliphatic heterocycles. The average Bonchev–Trinajstić information content (AvgIpc) is 2.75. The van der Waals surface area contributed by atoms with Gasteiger partial charge in [0.2, 0.25) is 5.95 Å². The van der Waals surface area contributed by atoms with E-state index in [0.29, 0.717) is 11.3 Å². The third-order valence-corrected chi connectivity index (χ3v) is 6.79. The summed E-state index contributed by atoms with van der Waals surface area (Å²) >= 11 is 14.3. The van der Waals surface area contributed by atoms with Gasteiger partial charge in [-0.05, 0) is 30.3 Å². The topological polar surface area (TPSA) is 102 Å². The van der Waals surface area contributed by atoms with Crippen LogP contribution in [-0.4, -0.2) is 38.9 Å². The summed E-state index contributed by atoms with van der Waals surface area (Å²) in [6.45, 7) is 1.02. The minimum atomic E-state index is -0.636. The zero-order valence-electron chi connectivity index (χ0n) is 16.8. The van der Waals surface area contributed by atoms with Gasteiger partial charge in [-0.3, -0.25) is 0 Å². The van der Waals surface area contributed by atoms with E-state index in [1.807, 2.05) is 17.8 Å². The number of anilines is 4. The van der Waals surface area contributed by atoms with Crippen molar-refractivity contribution in [1.82, 2.24) is 19.5 Å². The van der Waals surface area contributed by atoms with E-state index < -0.39 is 5.69 Å². The van der Waals surface area contributed by atoms with Crippen molar-refractivity contribution in [3.05, 3.63) is 63.1 Å². The predicted octanol–water partition coefficient (Wildman–Crippen LogP) is 4.35. The van der Waals surface area contributed by atoms with Gasteiger partial charge >= 0.3 is 5.69 Å². The number of nitrogens with zero attached hydrogens (tertiary/aromatic N) is 5. The average molecular weight is 486 g/mol. The lowest BCUT2D eigenvalue weighted by Gasteiger charge is -2.27. The molecule has 0 amide bonds. The summed E-state index contributed by atoms with van der Waals surface area (Å²) in [5.74, 6) is 1.45. The Balaban J connectivity index is 1.54. The molecule has 32 heavy (non-hydrogen) atoms. The van der Waals surface area contributed by atoms with Crippen LogP contribution in [0.3, 0.4) is 0 Å². The summed E-state index contributed by atoms with van der Waals surface area (Å²) in [4.78, 5) is 29.0. The van der Waals surface area contributed by atoms with Gasteiger partial charge in [0.1, 0.15) is 5.82 Å². The van der Waals surface area contributed by atoms with Crippen molar-refractivity contribution < 1.29 is 0 Å². The number of hydrogen-bond acceptors (Lipinski definition) is 8. The van der Waals surface area contributed by atoms with Gasteiger partial charge in [-0.25, -0.2) is 14.3 Å². The molecule has 4 aromatic rings. The second-order valence-corrected chi connectivity index (χ2v) is 9.14. The van der Waals surface area contributed by atoms with Crippen molar-refractivity contribution in [3.63, 3.8) is 0 Å². The third kappa shape index (κ3) is 3.62. The van der Waals surface area contributed by atoms with E-state index in [1.165, 1.54) is 21.3 Å². The molecule has 5 rings (SSSR count). The number of thioether (sulfide) groups is 1. The van der Waals surface area contributed by atoms with Crippen molar-refractivity contribution in [2.24, 2.45) is 0 Å². The van der Waals surface area contributed by atoms with Crippen molar-refractivity contribution in [2.75, 3.05) is 35.3 Å². The molecule has 0 aliphatic carbocycles. The Kier molecular flexibility index (Phi) is 5.32. The molecule has 0 spiro atoms. The van der Waals surface area contributed by atoms with Gasteiger partial charge in [-0.15, -0.1) is 11.8 Å². The first-order valence-corrected chi connectivity index (χ1v) is 11.4. The van der Waals surface area contributed by atoms with Gasteiger partial charge in [0.05, 0.1) is 26.8 Å². The number of halogens is 2. The predicted molar refractivity (Wildman–Crippen MR) is 131 cm³/mol. The van der Waals surface area contributed by atoms with Crippen LogP contribution < -0.4 is 21.6 Å². The first-order valence-electron chi connectivity index (χ1n) is 9.67. The van der Waals surface area contributed by atoms with Crippen molar-refractivity contribution in [3.8, 4) is 5.69 Å². The summed E-state index contributed by atoms with van der Waals surface area (Å²) in [5, 5.41) is 4.15. The fourth-order valence-corrected chi connectivity index (χ4v) is 5.28. The van der Waals surface area contributed by atoms with E-state index in [9.17, 15) is 4.79 Å². The molecule has 0 unspecified atom stereocenters. The van der Waals surface area contributed by atoms with E-state index in [-0.39, 0.29) is 27.2 Å². The highest BCUT2D eigenvalue weighted by Crippen LogP contribution is 2.36. The van der Waals surface area contributed by atoms with Crippen LogP contribution in [0, 0.1) is 0 Å². The normalized spacial score (nSPS) is 13.3. The number of benzene rings is 2. The first kappa shape index (κ1) is 20.9. The molecule has 2 aromatic heterocycles. The van der Waals surface area contributed by atoms with Crippen LogP contribution in [0.4, 0.5) is 23.1 Å². The number of hydrogen-bond donors (Lipinski definition) is 2. The molecule has 3 heterocycles. The van der Waals surface area contributed by atoms with Gasteiger partial charge in [0, 0.05) is 36.1 Å². The van der Waals surface area contributed by atoms with Crippen LogP contribution in [0.2, 0.25) is 10.0 Å². The number of para-hydroxylation sites is 1. The Labute approximate surface area is 197 Å². The number of fused-ring (bicyclic) bond motifs is 2. The Bertz CT molecular complexity index is 1410. The maximum atomic E-state index is 12.8. The van der Waals surface area contributed by atoms with E-state index in [0.717, 1.165) is 18.0 Å². The van der Waals surface area contributed by atoms with Crippen LogP contribution in [0.1, 0.15) is 0 Å². The molecular formula is C21H17Cl2N7OS. The van der Waals surface area contributed by atoms with Gasteiger partial charge in [-0.1, -0.05) is 29.3 Å². The zero-order chi connectivity index (χ0) is 22.4. The maximum absolute atomic E-state index is 12.8. The summed E-state index contributed by atoms with van der Waals surface area (Å²) in [5.41, 5.74) is 8.13. The lowest BCUT2D eigenvalue weighted by Crippen LogP contribution is -2.25. The number of nitrogen functional groups attached to an aromatic ring is 1. The molecule has 0 fully saturated rings. The van der Waals surface area contributed by atoms with Gasteiger partial charge in [-0.2, -0.15) is 9.97 Å². The highest BCUT2D eigenvalue weighted by molar-refractivity contribution is 7.99. The quantitative estimate of drug-likeness (QED) is 0.441. The minimum Gasteiger partial charge on any atom is -0.384 e. The number of nitrogens with two attached hydrogens (primary N) is 1. The molecule has 0 bridgehead atoms. The van der Waals surface area contributed by atoms with Crippen LogP contribution >= 0.6 is 35.0 Å². The molecule has 11 heteroatoms. The van der Waals surface area contributed by atoms with Crippen LogP contribution in [0.25, 0.3) is 16.7 Å².